The molecule has 2 aromatic carbocycles. The fourth-order valence-corrected chi connectivity index (χ4v) is 4.11. The number of amides is 1. The third-order valence-corrected chi connectivity index (χ3v) is 5.93. The Morgan fingerprint density at radius 2 is 1.81 bits per heavy atom. The molecule has 0 unspecified atom stereocenters. The van der Waals surface area contributed by atoms with Crippen molar-refractivity contribution in [2.75, 3.05) is 10.7 Å². The number of para-hydroxylation sites is 1. The monoisotopic (exact) mass is 435 g/mol. The van der Waals surface area contributed by atoms with Crippen molar-refractivity contribution in [3.63, 3.8) is 0 Å². The molecule has 0 aliphatic heterocycles. The van der Waals surface area contributed by atoms with E-state index >= 15 is 0 Å². The van der Waals surface area contributed by atoms with Crippen LogP contribution in [-0.4, -0.2) is 11.6 Å². The SMILES string of the molecule is Cc1ccc(NC(=O)c2oc3c(c2C)/C(=N\Nc2ccccc2)CC(C)(C)C3)cc1Cl. The second kappa shape index (κ2) is 8.23. The lowest BCUT2D eigenvalue weighted by Gasteiger charge is -2.29. The summed E-state index contributed by atoms with van der Waals surface area (Å²) in [6, 6.07) is 15.3. The fourth-order valence-electron chi connectivity index (χ4n) is 3.93. The van der Waals surface area contributed by atoms with Gasteiger partial charge in [0.25, 0.3) is 5.91 Å². The summed E-state index contributed by atoms with van der Waals surface area (Å²) in [6.45, 7) is 8.19. The molecule has 1 aromatic heterocycles. The van der Waals surface area contributed by atoms with Gasteiger partial charge in [-0.25, -0.2) is 0 Å². The maximum absolute atomic E-state index is 13.0. The molecule has 31 heavy (non-hydrogen) atoms. The Morgan fingerprint density at radius 3 is 2.52 bits per heavy atom. The summed E-state index contributed by atoms with van der Waals surface area (Å²) in [5.41, 5.74) is 8.25. The van der Waals surface area contributed by atoms with Crippen molar-refractivity contribution in [1.82, 2.24) is 0 Å². The minimum absolute atomic E-state index is 0.0211. The molecule has 0 saturated carbocycles. The van der Waals surface area contributed by atoms with Crippen LogP contribution in [0.25, 0.3) is 0 Å². The molecular weight excluding hydrogens is 410 g/mol. The molecule has 1 aliphatic rings. The van der Waals surface area contributed by atoms with E-state index in [-0.39, 0.29) is 11.3 Å². The number of hydrogen-bond donors (Lipinski definition) is 2. The zero-order chi connectivity index (χ0) is 22.2. The second-order valence-corrected chi connectivity index (χ2v) is 9.23. The minimum Gasteiger partial charge on any atom is -0.455 e. The highest BCUT2D eigenvalue weighted by Gasteiger charge is 2.36. The van der Waals surface area contributed by atoms with Crippen LogP contribution in [0.3, 0.4) is 0 Å². The molecule has 4 rings (SSSR count). The number of hydrogen-bond acceptors (Lipinski definition) is 4. The van der Waals surface area contributed by atoms with Gasteiger partial charge in [-0.3, -0.25) is 10.2 Å². The van der Waals surface area contributed by atoms with Crippen molar-refractivity contribution >= 4 is 34.6 Å². The Hall–Kier alpha value is -3.05. The van der Waals surface area contributed by atoms with E-state index in [1.54, 1.807) is 6.07 Å². The minimum atomic E-state index is -0.292. The molecule has 5 nitrogen and oxygen atoms in total. The van der Waals surface area contributed by atoms with Crippen LogP contribution in [0.15, 0.2) is 58.0 Å². The second-order valence-electron chi connectivity index (χ2n) is 8.83. The van der Waals surface area contributed by atoms with Crippen LogP contribution < -0.4 is 10.7 Å². The normalized spacial score (nSPS) is 16.1. The van der Waals surface area contributed by atoms with E-state index < -0.39 is 0 Å². The third kappa shape index (κ3) is 4.52. The number of carbonyl (C=O) groups excluding carboxylic acids is 1. The number of benzene rings is 2. The van der Waals surface area contributed by atoms with Gasteiger partial charge in [-0.2, -0.15) is 5.10 Å². The number of furan rings is 1. The molecule has 2 N–H and O–H groups in total. The summed E-state index contributed by atoms with van der Waals surface area (Å²) >= 11 is 6.20. The lowest BCUT2D eigenvalue weighted by Crippen LogP contribution is -2.27. The first-order chi connectivity index (χ1) is 14.7. The van der Waals surface area contributed by atoms with Crippen molar-refractivity contribution < 1.29 is 9.21 Å². The van der Waals surface area contributed by atoms with Crippen molar-refractivity contribution in [2.45, 2.75) is 40.5 Å². The summed E-state index contributed by atoms with van der Waals surface area (Å²) < 4.78 is 6.09. The van der Waals surface area contributed by atoms with Crippen molar-refractivity contribution in [3.05, 3.63) is 81.8 Å². The molecule has 0 radical (unpaired) electrons. The van der Waals surface area contributed by atoms with Gasteiger partial charge >= 0.3 is 0 Å². The molecule has 160 valence electrons. The first kappa shape index (κ1) is 21.2. The van der Waals surface area contributed by atoms with Crippen molar-refractivity contribution in [2.24, 2.45) is 10.5 Å². The largest absolute Gasteiger partial charge is 0.455 e. The standard InChI is InChI=1S/C25H26ClN3O2/c1-15-10-11-18(12-19(15)26)27-24(30)23-16(2)22-20(13-25(3,4)14-21(22)31-23)29-28-17-8-6-5-7-9-17/h5-12,28H,13-14H2,1-4H3,(H,27,30)/b29-20-. The predicted molar refractivity (Wildman–Crippen MR) is 126 cm³/mol. The smallest absolute Gasteiger partial charge is 0.291 e. The maximum Gasteiger partial charge on any atom is 0.291 e. The van der Waals surface area contributed by atoms with Crippen LogP contribution >= 0.6 is 11.6 Å². The number of carbonyl (C=O) groups is 1. The Labute approximate surface area is 187 Å². The Morgan fingerprint density at radius 1 is 1.06 bits per heavy atom. The van der Waals surface area contributed by atoms with Crippen LogP contribution in [0.5, 0.6) is 0 Å². The fraction of sp³-hybridized carbons (Fsp3) is 0.280. The molecule has 1 aliphatic carbocycles. The van der Waals surface area contributed by atoms with E-state index in [2.05, 4.69) is 29.7 Å². The zero-order valence-electron chi connectivity index (χ0n) is 18.2. The Balaban J connectivity index is 1.66. The average molecular weight is 436 g/mol. The predicted octanol–water partition coefficient (Wildman–Crippen LogP) is 6.59. The van der Waals surface area contributed by atoms with Crippen LogP contribution in [0, 0.1) is 19.3 Å². The summed E-state index contributed by atoms with van der Waals surface area (Å²) in [6.07, 6.45) is 1.53. The van der Waals surface area contributed by atoms with Gasteiger partial charge in [-0.1, -0.05) is 49.7 Å². The third-order valence-electron chi connectivity index (χ3n) is 5.52. The molecule has 1 amide bonds. The number of rotatable bonds is 4. The first-order valence-electron chi connectivity index (χ1n) is 10.3. The number of nitrogens with zero attached hydrogens (tertiary/aromatic N) is 1. The lowest BCUT2D eigenvalue weighted by atomic mass is 9.75. The van der Waals surface area contributed by atoms with Gasteiger partial charge in [0.2, 0.25) is 0 Å². The van der Waals surface area contributed by atoms with Gasteiger partial charge in [0.1, 0.15) is 5.76 Å². The van der Waals surface area contributed by atoms with Crippen LogP contribution in [0.4, 0.5) is 11.4 Å². The number of halogens is 1. The number of aryl methyl sites for hydroxylation is 1. The topological polar surface area (TPSA) is 66.6 Å². The maximum atomic E-state index is 13.0. The molecule has 0 saturated heterocycles. The molecule has 3 aromatic rings. The lowest BCUT2D eigenvalue weighted by molar-refractivity contribution is 0.0993. The van der Waals surface area contributed by atoms with E-state index in [4.69, 9.17) is 16.0 Å². The Bertz CT molecular complexity index is 1160. The molecule has 0 spiro atoms. The van der Waals surface area contributed by atoms with E-state index in [0.717, 1.165) is 46.7 Å². The van der Waals surface area contributed by atoms with Gasteiger partial charge in [0.05, 0.1) is 11.4 Å². The van der Waals surface area contributed by atoms with Gasteiger partial charge < -0.3 is 9.73 Å². The molecular formula is C25H26ClN3O2. The number of anilines is 2. The van der Waals surface area contributed by atoms with Crippen LogP contribution in [0.2, 0.25) is 5.02 Å². The zero-order valence-corrected chi connectivity index (χ0v) is 18.9. The first-order valence-corrected chi connectivity index (χ1v) is 10.7. The highest BCUT2D eigenvalue weighted by atomic mass is 35.5. The quantitative estimate of drug-likeness (QED) is 0.454. The van der Waals surface area contributed by atoms with Gasteiger partial charge in [-0.05, 0) is 55.5 Å². The van der Waals surface area contributed by atoms with Gasteiger partial charge in [0.15, 0.2) is 5.76 Å². The summed E-state index contributed by atoms with van der Waals surface area (Å²) in [5.74, 6) is 0.821. The van der Waals surface area contributed by atoms with Crippen molar-refractivity contribution in [1.29, 1.82) is 0 Å². The number of nitrogens with one attached hydrogen (secondary N) is 2. The molecule has 0 bridgehead atoms. The molecule has 0 fully saturated rings. The Kier molecular flexibility index (Phi) is 5.63. The highest BCUT2D eigenvalue weighted by molar-refractivity contribution is 6.31. The number of hydrazone groups is 1. The molecule has 1 heterocycles. The summed E-state index contributed by atoms with van der Waals surface area (Å²) in [4.78, 5) is 13.0. The van der Waals surface area contributed by atoms with Crippen molar-refractivity contribution in [3.8, 4) is 0 Å². The number of fused-ring (bicyclic) bond motifs is 1. The van der Waals surface area contributed by atoms with Gasteiger partial charge in [-0.15, -0.1) is 0 Å². The van der Waals surface area contributed by atoms with E-state index in [9.17, 15) is 4.79 Å². The van der Waals surface area contributed by atoms with E-state index in [1.807, 2.05) is 56.3 Å². The van der Waals surface area contributed by atoms with Crippen LogP contribution in [-0.2, 0) is 6.42 Å². The summed E-state index contributed by atoms with van der Waals surface area (Å²) in [5, 5.41) is 8.19. The van der Waals surface area contributed by atoms with Gasteiger partial charge in [0, 0.05) is 28.3 Å². The van der Waals surface area contributed by atoms with E-state index in [0.29, 0.717) is 16.5 Å². The molecule has 0 atom stereocenters. The molecule has 6 heteroatoms. The van der Waals surface area contributed by atoms with Crippen LogP contribution in [0.1, 0.15) is 53.3 Å². The average Bonchev–Trinajstić information content (AvgIpc) is 3.05. The summed E-state index contributed by atoms with van der Waals surface area (Å²) in [7, 11) is 0. The van der Waals surface area contributed by atoms with E-state index in [1.165, 1.54) is 0 Å². The highest BCUT2D eigenvalue weighted by Crippen LogP contribution is 2.39.